The number of aromatic nitrogens is 2. The van der Waals surface area contributed by atoms with Gasteiger partial charge in [0.05, 0.1) is 6.10 Å². The van der Waals surface area contributed by atoms with Gasteiger partial charge in [-0.25, -0.2) is 0 Å². The predicted molar refractivity (Wildman–Crippen MR) is 55.6 cm³/mol. The summed E-state index contributed by atoms with van der Waals surface area (Å²) < 4.78 is 10.8. The zero-order valence-corrected chi connectivity index (χ0v) is 8.85. The van der Waals surface area contributed by atoms with Crippen LogP contribution in [0.5, 0.6) is 0 Å². The van der Waals surface area contributed by atoms with Crippen LogP contribution in [0.3, 0.4) is 0 Å². The standard InChI is InChI=1S/C9H16N4O2/c1-2-14-7-4-3-5-13(6-7)9-12-11-8(10)15-9/h7H,2-6H2,1H3,(H2,10,11). The Balaban J connectivity index is 1.98. The highest BCUT2D eigenvalue weighted by atomic mass is 16.5. The van der Waals surface area contributed by atoms with E-state index in [1.807, 2.05) is 11.8 Å². The lowest BCUT2D eigenvalue weighted by atomic mass is 10.1. The molecule has 0 radical (unpaired) electrons. The van der Waals surface area contributed by atoms with Gasteiger partial charge in [0.2, 0.25) is 0 Å². The smallest absolute Gasteiger partial charge is 0.319 e. The topological polar surface area (TPSA) is 77.4 Å². The van der Waals surface area contributed by atoms with E-state index in [4.69, 9.17) is 14.9 Å². The molecule has 84 valence electrons. The number of rotatable bonds is 3. The maximum Gasteiger partial charge on any atom is 0.319 e. The summed E-state index contributed by atoms with van der Waals surface area (Å²) in [6.45, 7) is 4.47. The van der Waals surface area contributed by atoms with Gasteiger partial charge in [0.1, 0.15) is 0 Å². The molecule has 2 N–H and O–H groups in total. The molecule has 1 fully saturated rings. The molecule has 1 aromatic rings. The third-order valence-corrected chi connectivity index (χ3v) is 2.48. The molecule has 6 heteroatoms. The number of anilines is 2. The number of hydrogen-bond acceptors (Lipinski definition) is 6. The second-order valence-electron chi connectivity index (χ2n) is 3.59. The van der Waals surface area contributed by atoms with Gasteiger partial charge >= 0.3 is 12.0 Å². The van der Waals surface area contributed by atoms with Crippen LogP contribution in [0.15, 0.2) is 4.42 Å². The molecule has 1 unspecified atom stereocenters. The molecule has 0 bridgehead atoms. The molecule has 15 heavy (non-hydrogen) atoms. The Kier molecular flexibility index (Phi) is 3.05. The van der Waals surface area contributed by atoms with Crippen molar-refractivity contribution < 1.29 is 9.15 Å². The molecule has 0 saturated carbocycles. The van der Waals surface area contributed by atoms with E-state index in [9.17, 15) is 0 Å². The monoisotopic (exact) mass is 212 g/mol. The molecule has 6 nitrogen and oxygen atoms in total. The van der Waals surface area contributed by atoms with Crippen LogP contribution in [0.25, 0.3) is 0 Å². The quantitative estimate of drug-likeness (QED) is 0.793. The molecule has 0 amide bonds. The third-order valence-electron chi connectivity index (χ3n) is 2.48. The van der Waals surface area contributed by atoms with E-state index in [1.165, 1.54) is 0 Å². The minimum Gasteiger partial charge on any atom is -0.390 e. The average molecular weight is 212 g/mol. The molecule has 1 saturated heterocycles. The summed E-state index contributed by atoms with van der Waals surface area (Å²) in [5, 5.41) is 7.50. The lowest BCUT2D eigenvalue weighted by Crippen LogP contribution is -2.39. The number of nitrogens with zero attached hydrogens (tertiary/aromatic N) is 3. The van der Waals surface area contributed by atoms with Crippen LogP contribution in [-0.2, 0) is 4.74 Å². The highest BCUT2D eigenvalue weighted by molar-refractivity contribution is 5.28. The maximum atomic E-state index is 5.58. The fourth-order valence-corrected chi connectivity index (χ4v) is 1.84. The van der Waals surface area contributed by atoms with Crippen molar-refractivity contribution in [3.05, 3.63) is 0 Å². The minimum atomic E-state index is 0.114. The van der Waals surface area contributed by atoms with Crippen molar-refractivity contribution in [3.8, 4) is 0 Å². The van der Waals surface area contributed by atoms with E-state index in [2.05, 4.69) is 10.2 Å². The molecule has 2 rings (SSSR count). The molecule has 1 aromatic heterocycles. The maximum absolute atomic E-state index is 5.58. The highest BCUT2D eigenvalue weighted by Gasteiger charge is 2.23. The van der Waals surface area contributed by atoms with Crippen LogP contribution in [-0.4, -0.2) is 36.0 Å². The first kappa shape index (κ1) is 10.2. The van der Waals surface area contributed by atoms with Crippen LogP contribution in [0.4, 0.5) is 12.0 Å². The number of piperidine rings is 1. The Bertz CT molecular complexity index is 313. The zero-order chi connectivity index (χ0) is 10.7. The fourth-order valence-electron chi connectivity index (χ4n) is 1.84. The molecule has 0 aromatic carbocycles. The summed E-state index contributed by atoms with van der Waals surface area (Å²) in [5.41, 5.74) is 5.38. The van der Waals surface area contributed by atoms with Crippen LogP contribution in [0.2, 0.25) is 0 Å². The Morgan fingerprint density at radius 2 is 2.47 bits per heavy atom. The van der Waals surface area contributed by atoms with Crippen molar-refractivity contribution in [1.82, 2.24) is 10.2 Å². The van der Waals surface area contributed by atoms with Gasteiger partial charge in [-0.05, 0) is 19.8 Å². The molecule has 1 aliphatic rings. The summed E-state index contributed by atoms with van der Waals surface area (Å²) in [7, 11) is 0. The van der Waals surface area contributed by atoms with Crippen molar-refractivity contribution in [2.45, 2.75) is 25.9 Å². The summed E-state index contributed by atoms with van der Waals surface area (Å²) in [6.07, 6.45) is 2.43. The van der Waals surface area contributed by atoms with Crippen LogP contribution in [0, 0.1) is 0 Å². The summed E-state index contributed by atoms with van der Waals surface area (Å²) in [4.78, 5) is 2.02. The van der Waals surface area contributed by atoms with E-state index < -0.39 is 0 Å². The number of nitrogens with two attached hydrogens (primary N) is 1. The summed E-state index contributed by atoms with van der Waals surface area (Å²) in [5.74, 6) is 0. The van der Waals surface area contributed by atoms with Gasteiger partial charge in [-0.3, -0.25) is 0 Å². The molecule has 1 atom stereocenters. The second kappa shape index (κ2) is 4.48. The van der Waals surface area contributed by atoms with Crippen molar-refractivity contribution in [2.24, 2.45) is 0 Å². The Morgan fingerprint density at radius 3 is 3.13 bits per heavy atom. The van der Waals surface area contributed by atoms with Gasteiger partial charge in [0.15, 0.2) is 0 Å². The number of ether oxygens (including phenoxy) is 1. The minimum absolute atomic E-state index is 0.114. The first-order chi connectivity index (χ1) is 7.29. The average Bonchev–Trinajstić information content (AvgIpc) is 2.66. The summed E-state index contributed by atoms with van der Waals surface area (Å²) >= 11 is 0. The highest BCUT2D eigenvalue weighted by Crippen LogP contribution is 2.20. The van der Waals surface area contributed by atoms with Gasteiger partial charge in [-0.1, -0.05) is 10.2 Å². The molecular formula is C9H16N4O2. The Hall–Kier alpha value is -1.30. The van der Waals surface area contributed by atoms with Crippen molar-refractivity contribution in [2.75, 3.05) is 30.3 Å². The lowest BCUT2D eigenvalue weighted by molar-refractivity contribution is 0.0516. The van der Waals surface area contributed by atoms with Gasteiger partial charge in [-0.2, -0.15) is 0 Å². The SMILES string of the molecule is CCOC1CCCN(c2nnc(N)o2)C1. The molecule has 0 aliphatic carbocycles. The predicted octanol–water partition coefficient (Wildman–Crippen LogP) is 0.657. The Morgan fingerprint density at radius 1 is 1.60 bits per heavy atom. The third kappa shape index (κ3) is 2.38. The van der Waals surface area contributed by atoms with E-state index in [0.29, 0.717) is 6.01 Å². The molecule has 2 heterocycles. The first-order valence-corrected chi connectivity index (χ1v) is 5.25. The first-order valence-electron chi connectivity index (χ1n) is 5.25. The van der Waals surface area contributed by atoms with E-state index in [-0.39, 0.29) is 12.1 Å². The summed E-state index contributed by atoms with van der Waals surface area (Å²) in [6, 6.07) is 0.612. The molecular weight excluding hydrogens is 196 g/mol. The van der Waals surface area contributed by atoms with Gasteiger partial charge in [0.25, 0.3) is 0 Å². The van der Waals surface area contributed by atoms with Crippen molar-refractivity contribution in [1.29, 1.82) is 0 Å². The number of hydrogen-bond donors (Lipinski definition) is 1. The molecule has 0 spiro atoms. The normalized spacial score (nSPS) is 21.9. The van der Waals surface area contributed by atoms with Gasteiger partial charge in [-0.15, -0.1) is 0 Å². The van der Waals surface area contributed by atoms with Gasteiger partial charge in [0, 0.05) is 19.7 Å². The zero-order valence-electron chi connectivity index (χ0n) is 8.85. The lowest BCUT2D eigenvalue weighted by Gasteiger charge is -2.30. The van der Waals surface area contributed by atoms with E-state index in [0.717, 1.165) is 32.5 Å². The second-order valence-corrected chi connectivity index (χ2v) is 3.59. The van der Waals surface area contributed by atoms with Gasteiger partial charge < -0.3 is 19.8 Å². The van der Waals surface area contributed by atoms with Crippen molar-refractivity contribution in [3.63, 3.8) is 0 Å². The number of nitrogen functional groups attached to an aromatic ring is 1. The van der Waals surface area contributed by atoms with E-state index in [1.54, 1.807) is 0 Å². The van der Waals surface area contributed by atoms with Crippen molar-refractivity contribution >= 4 is 12.0 Å². The van der Waals surface area contributed by atoms with Crippen LogP contribution >= 0.6 is 0 Å². The largest absolute Gasteiger partial charge is 0.390 e. The molecule has 1 aliphatic heterocycles. The fraction of sp³-hybridized carbons (Fsp3) is 0.778. The Labute approximate surface area is 88.4 Å². The van der Waals surface area contributed by atoms with Crippen LogP contribution in [0.1, 0.15) is 19.8 Å². The van der Waals surface area contributed by atoms with Crippen LogP contribution < -0.4 is 10.6 Å². The van der Waals surface area contributed by atoms with E-state index >= 15 is 0 Å².